The Morgan fingerprint density at radius 3 is 2.78 bits per heavy atom. The van der Waals surface area contributed by atoms with Gasteiger partial charge in [-0.2, -0.15) is 18.3 Å². The van der Waals surface area contributed by atoms with Crippen molar-refractivity contribution in [1.82, 2.24) is 14.6 Å². The predicted octanol–water partition coefficient (Wildman–Crippen LogP) is 3.56. The molecule has 0 aliphatic carbocycles. The molecule has 142 valence electrons. The van der Waals surface area contributed by atoms with Crippen molar-refractivity contribution in [2.75, 3.05) is 13.7 Å². The number of alkyl halides is 3. The Labute approximate surface area is 151 Å². The number of fused-ring (bicyclic) bond motifs is 1. The van der Waals surface area contributed by atoms with Gasteiger partial charge in [0.15, 0.2) is 18.1 Å². The average molecular weight is 381 g/mol. The molecule has 0 radical (unpaired) electrons. The summed E-state index contributed by atoms with van der Waals surface area (Å²) in [6, 6.07) is 5.87. The number of nitrogens with zero attached hydrogens (tertiary/aromatic N) is 3. The summed E-state index contributed by atoms with van der Waals surface area (Å²) in [5, 5.41) is 4.13. The zero-order chi connectivity index (χ0) is 19.6. The Morgan fingerprint density at radius 1 is 1.30 bits per heavy atom. The zero-order valence-electron chi connectivity index (χ0n) is 14.3. The molecule has 0 saturated carbocycles. The van der Waals surface area contributed by atoms with Gasteiger partial charge in [0.2, 0.25) is 0 Å². The largest absolute Gasteiger partial charge is 0.478 e. The molecule has 0 N–H and O–H groups in total. The summed E-state index contributed by atoms with van der Waals surface area (Å²) in [4.78, 5) is 15.6. The van der Waals surface area contributed by atoms with Crippen LogP contribution < -0.4 is 9.47 Å². The van der Waals surface area contributed by atoms with Crippen LogP contribution in [0.25, 0.3) is 5.52 Å². The van der Waals surface area contributed by atoms with Crippen LogP contribution in [0.15, 0.2) is 36.7 Å². The summed E-state index contributed by atoms with van der Waals surface area (Å²) in [5.74, 6) is -0.546. The fraction of sp³-hybridized carbons (Fsp3) is 0.235. The third-order valence-electron chi connectivity index (χ3n) is 3.57. The Balaban J connectivity index is 1.89. The Bertz CT molecular complexity index is 985. The number of rotatable bonds is 5. The number of carbonyl (C=O) groups excluding carboxylic acids is 1. The molecule has 0 amide bonds. The van der Waals surface area contributed by atoms with Gasteiger partial charge in [-0.1, -0.05) is 0 Å². The number of pyridine rings is 2. The van der Waals surface area contributed by atoms with Gasteiger partial charge in [0.1, 0.15) is 5.75 Å². The lowest BCUT2D eigenvalue weighted by Crippen LogP contribution is -2.19. The highest BCUT2D eigenvalue weighted by atomic mass is 19.4. The van der Waals surface area contributed by atoms with Gasteiger partial charge >= 0.3 is 12.1 Å². The zero-order valence-corrected chi connectivity index (χ0v) is 14.3. The molecule has 0 fully saturated rings. The number of hydrogen-bond donors (Lipinski definition) is 0. The summed E-state index contributed by atoms with van der Waals surface area (Å²) in [6.07, 6.45) is -1.57. The smallest absolute Gasteiger partial charge is 0.422 e. The predicted molar refractivity (Wildman–Crippen MR) is 87.1 cm³/mol. The van der Waals surface area contributed by atoms with Crippen molar-refractivity contribution < 1.29 is 32.2 Å². The molecule has 3 aromatic heterocycles. The van der Waals surface area contributed by atoms with Gasteiger partial charge in [0.25, 0.3) is 5.88 Å². The number of esters is 1. The van der Waals surface area contributed by atoms with Gasteiger partial charge < -0.3 is 14.2 Å². The van der Waals surface area contributed by atoms with Crippen molar-refractivity contribution in [2.24, 2.45) is 0 Å². The first-order valence-electron chi connectivity index (χ1n) is 7.68. The summed E-state index contributed by atoms with van der Waals surface area (Å²) in [5.41, 5.74) is 1.30. The van der Waals surface area contributed by atoms with Crippen LogP contribution in [0.3, 0.4) is 0 Å². The van der Waals surface area contributed by atoms with E-state index in [0.717, 1.165) is 0 Å². The van der Waals surface area contributed by atoms with Crippen molar-refractivity contribution in [3.05, 3.63) is 47.9 Å². The van der Waals surface area contributed by atoms with E-state index in [1.807, 2.05) is 0 Å². The lowest BCUT2D eigenvalue weighted by Gasteiger charge is -2.12. The second kappa shape index (κ2) is 7.14. The van der Waals surface area contributed by atoms with Crippen molar-refractivity contribution in [3.8, 4) is 17.4 Å². The van der Waals surface area contributed by atoms with Crippen LogP contribution >= 0.6 is 0 Å². The van der Waals surface area contributed by atoms with Gasteiger partial charge in [-0.25, -0.2) is 14.3 Å². The minimum atomic E-state index is -4.48. The van der Waals surface area contributed by atoms with Gasteiger partial charge in [-0.15, -0.1) is 0 Å². The highest BCUT2D eigenvalue weighted by Gasteiger charge is 2.29. The van der Waals surface area contributed by atoms with Crippen molar-refractivity contribution in [2.45, 2.75) is 13.1 Å². The molecule has 0 unspecified atom stereocenters. The molecule has 0 aliphatic rings. The maximum absolute atomic E-state index is 12.4. The third-order valence-corrected chi connectivity index (χ3v) is 3.57. The summed E-state index contributed by atoms with van der Waals surface area (Å²) < 4.78 is 53.6. The highest BCUT2D eigenvalue weighted by Crippen LogP contribution is 2.31. The number of aromatic nitrogens is 3. The molecule has 3 aromatic rings. The molecular formula is C17H14F3N3O4. The molecule has 3 heterocycles. The maximum atomic E-state index is 12.4. The highest BCUT2D eigenvalue weighted by molar-refractivity contribution is 5.91. The van der Waals surface area contributed by atoms with E-state index < -0.39 is 18.8 Å². The molecule has 0 saturated heterocycles. The Hall–Kier alpha value is -3.30. The Kier molecular flexibility index (Phi) is 4.89. The Morgan fingerprint density at radius 2 is 2.07 bits per heavy atom. The van der Waals surface area contributed by atoms with E-state index in [2.05, 4.69) is 14.8 Å². The third kappa shape index (κ3) is 4.10. The number of hydrogen-bond acceptors (Lipinski definition) is 6. The number of ether oxygens (including phenoxy) is 3. The lowest BCUT2D eigenvalue weighted by atomic mass is 10.2. The first-order valence-corrected chi connectivity index (χ1v) is 7.68. The van der Waals surface area contributed by atoms with Crippen LogP contribution in [-0.4, -0.2) is 40.5 Å². The second-order valence-electron chi connectivity index (χ2n) is 5.47. The summed E-state index contributed by atoms with van der Waals surface area (Å²) in [7, 11) is 1.25. The van der Waals surface area contributed by atoms with E-state index in [0.29, 0.717) is 11.1 Å². The molecule has 0 atom stereocenters. The molecule has 0 aromatic carbocycles. The van der Waals surface area contributed by atoms with Crippen molar-refractivity contribution >= 4 is 11.5 Å². The van der Waals surface area contributed by atoms with Crippen LogP contribution in [0, 0.1) is 6.92 Å². The monoisotopic (exact) mass is 381 g/mol. The number of aryl methyl sites for hydroxylation is 1. The van der Waals surface area contributed by atoms with E-state index in [1.54, 1.807) is 19.2 Å². The molecular weight excluding hydrogens is 367 g/mol. The first-order chi connectivity index (χ1) is 12.8. The maximum Gasteiger partial charge on any atom is 0.422 e. The van der Waals surface area contributed by atoms with Crippen LogP contribution in [0.5, 0.6) is 17.4 Å². The van der Waals surface area contributed by atoms with Crippen LogP contribution in [0.4, 0.5) is 13.2 Å². The summed E-state index contributed by atoms with van der Waals surface area (Å²) >= 11 is 0. The summed E-state index contributed by atoms with van der Waals surface area (Å²) in [6.45, 7) is 0.231. The number of carbonyl (C=O) groups is 1. The van der Waals surface area contributed by atoms with Crippen molar-refractivity contribution in [1.29, 1.82) is 0 Å². The average Bonchev–Trinajstić information content (AvgIpc) is 2.96. The quantitative estimate of drug-likeness (QED) is 0.629. The van der Waals surface area contributed by atoms with Gasteiger partial charge in [0.05, 0.1) is 12.6 Å². The molecule has 7 nitrogen and oxygen atoms in total. The fourth-order valence-corrected chi connectivity index (χ4v) is 2.33. The number of methoxy groups -OCH3 is 1. The normalized spacial score (nSPS) is 11.4. The SMILES string of the molecule is COC(=O)c1nn2ccc(Oc3ncccc3OCC(F)(F)F)cc2c1C. The van der Waals surface area contributed by atoms with E-state index in [1.165, 1.54) is 36.0 Å². The molecule has 3 rings (SSSR count). The molecule has 10 heteroatoms. The second-order valence-corrected chi connectivity index (χ2v) is 5.47. The van der Waals surface area contributed by atoms with E-state index in [4.69, 9.17) is 9.47 Å². The van der Waals surface area contributed by atoms with Gasteiger partial charge in [-0.3, -0.25) is 0 Å². The first kappa shape index (κ1) is 18.5. The van der Waals surface area contributed by atoms with Crippen LogP contribution in [0.2, 0.25) is 0 Å². The minimum absolute atomic E-state index is 0.114. The topological polar surface area (TPSA) is 75.0 Å². The van der Waals surface area contributed by atoms with E-state index in [9.17, 15) is 18.0 Å². The van der Waals surface area contributed by atoms with E-state index >= 15 is 0 Å². The van der Waals surface area contributed by atoms with Crippen LogP contribution in [-0.2, 0) is 4.74 Å². The number of halogens is 3. The lowest BCUT2D eigenvalue weighted by molar-refractivity contribution is -0.153. The van der Waals surface area contributed by atoms with Gasteiger partial charge in [0, 0.05) is 24.0 Å². The molecule has 0 spiro atoms. The fourth-order valence-electron chi connectivity index (χ4n) is 2.33. The van der Waals surface area contributed by atoms with Crippen LogP contribution in [0.1, 0.15) is 16.1 Å². The molecule has 27 heavy (non-hydrogen) atoms. The molecule has 0 bridgehead atoms. The minimum Gasteiger partial charge on any atom is -0.478 e. The van der Waals surface area contributed by atoms with Crippen molar-refractivity contribution in [3.63, 3.8) is 0 Å². The molecule has 0 aliphatic heterocycles. The standard InChI is InChI=1S/C17H14F3N3O4/c1-10-12-8-11(5-7-23(12)22-14(10)16(24)25-2)27-15-13(4-3-6-21-15)26-9-17(18,19)20/h3-8H,9H2,1-2H3. The van der Waals surface area contributed by atoms with Gasteiger partial charge in [-0.05, 0) is 25.1 Å². The van der Waals surface area contributed by atoms with E-state index in [-0.39, 0.29) is 23.1 Å².